The number of ether oxygens (including phenoxy) is 2. The van der Waals surface area contributed by atoms with Crippen molar-refractivity contribution in [2.45, 2.75) is 63.1 Å². The van der Waals surface area contributed by atoms with E-state index in [1.165, 1.54) is 7.11 Å². The summed E-state index contributed by atoms with van der Waals surface area (Å²) in [6.07, 6.45) is 6.17. The first-order valence-electron chi connectivity index (χ1n) is 7.82. The standard InChI is InChI=1S/C15H28N2O3/c1-3-20-13-6-9-17(10-7-13)12-5-4-8-15(16,11-12)14(18)19-2/h12-13H,3-11,16H2,1-2H3. The highest BCUT2D eigenvalue weighted by molar-refractivity contribution is 5.80. The Kier molecular flexibility index (Phi) is 5.41. The summed E-state index contributed by atoms with van der Waals surface area (Å²) < 4.78 is 10.6. The molecule has 0 amide bonds. The summed E-state index contributed by atoms with van der Waals surface area (Å²) in [6.45, 7) is 4.94. The van der Waals surface area contributed by atoms with E-state index in [4.69, 9.17) is 15.2 Å². The monoisotopic (exact) mass is 284 g/mol. The predicted octanol–water partition coefficient (Wildman–Crippen LogP) is 1.30. The number of rotatable bonds is 4. The van der Waals surface area contributed by atoms with Crippen LogP contribution in [-0.2, 0) is 14.3 Å². The van der Waals surface area contributed by atoms with Gasteiger partial charge in [0, 0.05) is 25.7 Å². The number of nitrogens with two attached hydrogens (primary N) is 1. The van der Waals surface area contributed by atoms with Gasteiger partial charge < -0.3 is 20.1 Å². The number of hydrogen-bond acceptors (Lipinski definition) is 5. The molecule has 2 rings (SSSR count). The van der Waals surface area contributed by atoms with Crippen LogP contribution in [0.4, 0.5) is 0 Å². The smallest absolute Gasteiger partial charge is 0.325 e. The molecule has 5 nitrogen and oxygen atoms in total. The maximum absolute atomic E-state index is 11.9. The lowest BCUT2D eigenvalue weighted by Gasteiger charge is -2.43. The molecular weight excluding hydrogens is 256 g/mol. The lowest BCUT2D eigenvalue weighted by molar-refractivity contribution is -0.149. The summed E-state index contributed by atoms with van der Waals surface area (Å²) in [4.78, 5) is 14.4. The fourth-order valence-corrected chi connectivity index (χ4v) is 3.62. The molecule has 0 aromatic carbocycles. The van der Waals surface area contributed by atoms with Crippen molar-refractivity contribution in [2.24, 2.45) is 5.73 Å². The van der Waals surface area contributed by atoms with E-state index in [1.54, 1.807) is 0 Å². The molecule has 5 heteroatoms. The van der Waals surface area contributed by atoms with Crippen molar-refractivity contribution in [1.29, 1.82) is 0 Å². The Labute approximate surface area is 121 Å². The molecule has 2 fully saturated rings. The topological polar surface area (TPSA) is 64.8 Å². The van der Waals surface area contributed by atoms with Crippen molar-refractivity contribution < 1.29 is 14.3 Å². The molecule has 0 radical (unpaired) electrons. The summed E-state index contributed by atoms with van der Waals surface area (Å²) in [6, 6.07) is 0.412. The van der Waals surface area contributed by atoms with Crippen molar-refractivity contribution in [2.75, 3.05) is 26.8 Å². The molecule has 2 unspecified atom stereocenters. The summed E-state index contributed by atoms with van der Waals surface area (Å²) in [5.41, 5.74) is 5.48. The summed E-state index contributed by atoms with van der Waals surface area (Å²) in [5.74, 6) is -0.258. The third-order valence-electron chi connectivity index (χ3n) is 4.75. The molecule has 116 valence electrons. The number of nitrogens with zero attached hydrogens (tertiary/aromatic N) is 1. The van der Waals surface area contributed by atoms with Crippen LogP contribution in [0.3, 0.4) is 0 Å². The number of likely N-dealkylation sites (tertiary alicyclic amines) is 1. The summed E-state index contributed by atoms with van der Waals surface area (Å²) >= 11 is 0. The van der Waals surface area contributed by atoms with Crippen molar-refractivity contribution >= 4 is 5.97 Å². The molecule has 1 heterocycles. The number of esters is 1. The number of hydrogen-bond donors (Lipinski definition) is 1. The molecule has 2 aliphatic rings. The first-order valence-corrected chi connectivity index (χ1v) is 7.82. The van der Waals surface area contributed by atoms with Crippen molar-refractivity contribution in [3.63, 3.8) is 0 Å². The van der Waals surface area contributed by atoms with Crippen LogP contribution in [0.1, 0.15) is 45.4 Å². The normalized spacial score (nSPS) is 33.0. The third-order valence-corrected chi connectivity index (χ3v) is 4.75. The van der Waals surface area contributed by atoms with E-state index >= 15 is 0 Å². The average Bonchev–Trinajstić information content (AvgIpc) is 2.47. The molecule has 20 heavy (non-hydrogen) atoms. The molecule has 2 atom stereocenters. The minimum absolute atomic E-state index is 0.258. The lowest BCUT2D eigenvalue weighted by atomic mass is 9.78. The molecule has 1 saturated carbocycles. The second-order valence-corrected chi connectivity index (χ2v) is 6.09. The van der Waals surface area contributed by atoms with Crippen molar-refractivity contribution in [1.82, 2.24) is 4.90 Å². The van der Waals surface area contributed by atoms with E-state index in [0.717, 1.165) is 58.2 Å². The van der Waals surface area contributed by atoms with Crippen LogP contribution < -0.4 is 5.73 Å². The van der Waals surface area contributed by atoms with Crippen LogP contribution in [-0.4, -0.2) is 55.4 Å². The molecule has 1 aliphatic heterocycles. The Balaban J connectivity index is 1.89. The van der Waals surface area contributed by atoms with Crippen LogP contribution in [0.5, 0.6) is 0 Å². The second-order valence-electron chi connectivity index (χ2n) is 6.09. The number of carbonyl (C=O) groups is 1. The zero-order chi connectivity index (χ0) is 14.6. The van der Waals surface area contributed by atoms with Crippen LogP contribution in [0.15, 0.2) is 0 Å². The zero-order valence-corrected chi connectivity index (χ0v) is 12.8. The Hall–Kier alpha value is -0.650. The van der Waals surface area contributed by atoms with Gasteiger partial charge >= 0.3 is 5.97 Å². The molecular formula is C15H28N2O3. The van der Waals surface area contributed by atoms with E-state index in [1.807, 2.05) is 6.92 Å². The van der Waals surface area contributed by atoms with Gasteiger partial charge in [-0.1, -0.05) is 0 Å². The van der Waals surface area contributed by atoms with Gasteiger partial charge in [-0.05, 0) is 45.4 Å². The number of carbonyl (C=O) groups excluding carboxylic acids is 1. The lowest BCUT2D eigenvalue weighted by Crippen LogP contribution is -2.57. The van der Waals surface area contributed by atoms with Gasteiger partial charge in [-0.25, -0.2) is 0 Å². The van der Waals surface area contributed by atoms with Crippen molar-refractivity contribution in [3.8, 4) is 0 Å². The van der Waals surface area contributed by atoms with Gasteiger partial charge in [-0.2, -0.15) is 0 Å². The van der Waals surface area contributed by atoms with E-state index in [9.17, 15) is 4.79 Å². The molecule has 0 aromatic heterocycles. The average molecular weight is 284 g/mol. The largest absolute Gasteiger partial charge is 0.468 e. The first-order chi connectivity index (χ1) is 9.59. The van der Waals surface area contributed by atoms with Gasteiger partial charge in [-0.15, -0.1) is 0 Å². The maximum Gasteiger partial charge on any atom is 0.325 e. The van der Waals surface area contributed by atoms with E-state index in [2.05, 4.69) is 4.90 Å². The Morgan fingerprint density at radius 3 is 2.65 bits per heavy atom. The van der Waals surface area contributed by atoms with Gasteiger partial charge in [-0.3, -0.25) is 4.79 Å². The molecule has 1 aliphatic carbocycles. The van der Waals surface area contributed by atoms with Gasteiger partial charge in [0.05, 0.1) is 13.2 Å². The van der Waals surface area contributed by atoms with Crippen LogP contribution in [0.25, 0.3) is 0 Å². The molecule has 2 N–H and O–H groups in total. The second kappa shape index (κ2) is 6.87. The molecule has 1 saturated heterocycles. The first kappa shape index (κ1) is 15.7. The van der Waals surface area contributed by atoms with Gasteiger partial charge in [0.1, 0.15) is 5.54 Å². The zero-order valence-electron chi connectivity index (χ0n) is 12.8. The van der Waals surface area contributed by atoms with Gasteiger partial charge in [0.15, 0.2) is 0 Å². The fourth-order valence-electron chi connectivity index (χ4n) is 3.62. The molecule has 0 aromatic rings. The quantitative estimate of drug-likeness (QED) is 0.788. The number of piperidine rings is 1. The number of methoxy groups -OCH3 is 1. The van der Waals surface area contributed by atoms with Gasteiger partial charge in [0.2, 0.25) is 0 Å². The summed E-state index contributed by atoms with van der Waals surface area (Å²) in [5, 5.41) is 0. The highest BCUT2D eigenvalue weighted by atomic mass is 16.5. The SMILES string of the molecule is CCOC1CCN(C2CCCC(N)(C(=O)OC)C2)CC1. The summed E-state index contributed by atoms with van der Waals surface area (Å²) in [7, 11) is 1.42. The Morgan fingerprint density at radius 1 is 1.35 bits per heavy atom. The molecule has 0 spiro atoms. The van der Waals surface area contributed by atoms with E-state index in [0.29, 0.717) is 12.1 Å². The minimum atomic E-state index is -0.783. The minimum Gasteiger partial charge on any atom is -0.468 e. The van der Waals surface area contributed by atoms with Crippen LogP contribution >= 0.6 is 0 Å². The highest BCUT2D eigenvalue weighted by Crippen LogP contribution is 2.32. The van der Waals surface area contributed by atoms with Crippen LogP contribution in [0.2, 0.25) is 0 Å². The molecule has 0 bridgehead atoms. The van der Waals surface area contributed by atoms with E-state index in [-0.39, 0.29) is 5.97 Å². The highest BCUT2D eigenvalue weighted by Gasteiger charge is 2.42. The fraction of sp³-hybridized carbons (Fsp3) is 0.933. The Bertz CT molecular complexity index is 329. The van der Waals surface area contributed by atoms with Crippen LogP contribution in [0, 0.1) is 0 Å². The van der Waals surface area contributed by atoms with Gasteiger partial charge in [0.25, 0.3) is 0 Å². The predicted molar refractivity (Wildman–Crippen MR) is 77.4 cm³/mol. The Morgan fingerprint density at radius 2 is 2.05 bits per heavy atom. The van der Waals surface area contributed by atoms with Crippen molar-refractivity contribution in [3.05, 3.63) is 0 Å². The third kappa shape index (κ3) is 3.51. The maximum atomic E-state index is 11.9. The van der Waals surface area contributed by atoms with E-state index < -0.39 is 5.54 Å².